The third kappa shape index (κ3) is 2.68. The number of hydrogen-bond acceptors (Lipinski definition) is 7. The van der Waals surface area contributed by atoms with Gasteiger partial charge in [0.25, 0.3) is 0 Å². The molecule has 1 fully saturated rings. The molecule has 0 aromatic carbocycles. The van der Waals surface area contributed by atoms with E-state index in [-0.39, 0.29) is 6.10 Å². The van der Waals surface area contributed by atoms with Gasteiger partial charge in [0.15, 0.2) is 5.16 Å². The van der Waals surface area contributed by atoms with E-state index < -0.39 is 0 Å². The molecular formula is C11H19N5OS. The Morgan fingerprint density at radius 3 is 2.89 bits per heavy atom. The maximum atomic E-state index is 5.59. The Balaban J connectivity index is 2.25. The molecule has 7 heteroatoms. The van der Waals surface area contributed by atoms with Crippen LogP contribution in [0.1, 0.15) is 13.3 Å². The van der Waals surface area contributed by atoms with E-state index in [1.807, 2.05) is 19.4 Å². The van der Waals surface area contributed by atoms with E-state index in [2.05, 4.69) is 27.2 Å². The Morgan fingerprint density at radius 1 is 1.56 bits per heavy atom. The first-order valence-electron chi connectivity index (χ1n) is 5.90. The molecular weight excluding hydrogens is 250 g/mol. The number of hydrazine groups is 1. The van der Waals surface area contributed by atoms with Gasteiger partial charge in [-0.3, -0.25) is 0 Å². The maximum Gasteiger partial charge on any atom is 0.191 e. The van der Waals surface area contributed by atoms with Crippen LogP contribution in [0.3, 0.4) is 0 Å². The van der Waals surface area contributed by atoms with E-state index in [9.17, 15) is 0 Å². The van der Waals surface area contributed by atoms with E-state index in [1.54, 1.807) is 0 Å². The predicted molar refractivity (Wildman–Crippen MR) is 73.8 cm³/mol. The number of rotatable bonds is 4. The molecule has 18 heavy (non-hydrogen) atoms. The number of hydrogen-bond donors (Lipinski definition) is 2. The Morgan fingerprint density at radius 2 is 2.33 bits per heavy atom. The Bertz CT molecular complexity index is 394. The molecule has 6 nitrogen and oxygen atoms in total. The lowest BCUT2D eigenvalue weighted by Crippen LogP contribution is -2.37. The summed E-state index contributed by atoms with van der Waals surface area (Å²) >= 11 is 1.50. The summed E-state index contributed by atoms with van der Waals surface area (Å²) in [5.74, 6) is 6.92. The van der Waals surface area contributed by atoms with Crippen molar-refractivity contribution >= 4 is 23.4 Å². The lowest BCUT2D eigenvalue weighted by Gasteiger charge is -2.28. The molecule has 2 rings (SSSR count). The number of anilines is 2. The van der Waals surface area contributed by atoms with Gasteiger partial charge in [0.1, 0.15) is 11.6 Å². The second kappa shape index (κ2) is 5.73. The molecule has 2 atom stereocenters. The van der Waals surface area contributed by atoms with Gasteiger partial charge < -0.3 is 15.1 Å². The topological polar surface area (TPSA) is 76.3 Å². The third-order valence-electron chi connectivity index (χ3n) is 3.22. The van der Waals surface area contributed by atoms with Gasteiger partial charge in [0.05, 0.1) is 12.1 Å². The van der Waals surface area contributed by atoms with Crippen LogP contribution in [-0.4, -0.2) is 42.0 Å². The fourth-order valence-corrected chi connectivity index (χ4v) is 2.53. The molecule has 0 bridgehead atoms. The van der Waals surface area contributed by atoms with Crippen LogP contribution in [0, 0.1) is 0 Å². The van der Waals surface area contributed by atoms with Gasteiger partial charge in [-0.1, -0.05) is 11.8 Å². The van der Waals surface area contributed by atoms with Crippen molar-refractivity contribution in [2.24, 2.45) is 5.84 Å². The normalized spacial score (nSPS) is 23.1. The Labute approximate surface area is 111 Å². The summed E-state index contributed by atoms with van der Waals surface area (Å²) in [6.45, 7) is 2.89. The summed E-state index contributed by atoms with van der Waals surface area (Å²) < 4.78 is 5.59. The molecule has 0 amide bonds. The minimum absolute atomic E-state index is 0.219. The van der Waals surface area contributed by atoms with Crippen molar-refractivity contribution in [1.82, 2.24) is 9.97 Å². The fourth-order valence-electron chi connectivity index (χ4n) is 2.16. The summed E-state index contributed by atoms with van der Waals surface area (Å²) in [6.07, 6.45) is 3.18. The number of aromatic nitrogens is 2. The number of nitrogen functional groups attached to an aromatic ring is 1. The SMILES string of the molecule is CSc1nc(NN)cc(N(C)C2CCOC2C)n1. The fraction of sp³-hybridized carbons (Fsp3) is 0.636. The van der Waals surface area contributed by atoms with Crippen molar-refractivity contribution in [2.45, 2.75) is 30.6 Å². The first-order valence-corrected chi connectivity index (χ1v) is 7.12. The van der Waals surface area contributed by atoms with E-state index in [4.69, 9.17) is 10.6 Å². The minimum Gasteiger partial charge on any atom is -0.376 e. The average molecular weight is 269 g/mol. The van der Waals surface area contributed by atoms with E-state index in [0.29, 0.717) is 17.0 Å². The summed E-state index contributed by atoms with van der Waals surface area (Å²) in [5, 5.41) is 0.707. The maximum absolute atomic E-state index is 5.59. The van der Waals surface area contributed by atoms with Crippen molar-refractivity contribution in [3.8, 4) is 0 Å². The molecule has 0 saturated carbocycles. The van der Waals surface area contributed by atoms with Gasteiger partial charge in [-0.2, -0.15) is 0 Å². The number of ether oxygens (including phenoxy) is 1. The molecule has 100 valence electrons. The second-order valence-electron chi connectivity index (χ2n) is 4.29. The molecule has 3 N–H and O–H groups in total. The number of nitrogens with one attached hydrogen (secondary N) is 1. The van der Waals surface area contributed by atoms with Crippen molar-refractivity contribution in [2.75, 3.05) is 30.2 Å². The molecule has 2 heterocycles. The van der Waals surface area contributed by atoms with E-state index in [0.717, 1.165) is 18.8 Å². The van der Waals surface area contributed by atoms with Gasteiger partial charge >= 0.3 is 0 Å². The zero-order chi connectivity index (χ0) is 13.1. The predicted octanol–water partition coefficient (Wildman–Crippen LogP) is 1.10. The van der Waals surface area contributed by atoms with Crippen LogP contribution in [-0.2, 0) is 4.74 Å². The molecule has 0 aliphatic carbocycles. The first-order chi connectivity index (χ1) is 8.65. The smallest absolute Gasteiger partial charge is 0.191 e. The van der Waals surface area contributed by atoms with Crippen LogP contribution in [0.5, 0.6) is 0 Å². The highest BCUT2D eigenvalue weighted by Gasteiger charge is 2.29. The molecule has 0 radical (unpaired) electrons. The monoisotopic (exact) mass is 269 g/mol. The largest absolute Gasteiger partial charge is 0.376 e. The third-order valence-corrected chi connectivity index (χ3v) is 3.77. The van der Waals surface area contributed by atoms with Gasteiger partial charge in [0.2, 0.25) is 0 Å². The second-order valence-corrected chi connectivity index (χ2v) is 5.06. The van der Waals surface area contributed by atoms with Crippen LogP contribution in [0.2, 0.25) is 0 Å². The van der Waals surface area contributed by atoms with Gasteiger partial charge in [-0.25, -0.2) is 15.8 Å². The lowest BCUT2D eigenvalue weighted by molar-refractivity contribution is 0.118. The Kier molecular flexibility index (Phi) is 4.26. The highest BCUT2D eigenvalue weighted by atomic mass is 32.2. The lowest BCUT2D eigenvalue weighted by atomic mass is 10.1. The van der Waals surface area contributed by atoms with Crippen LogP contribution < -0.4 is 16.2 Å². The molecule has 1 aliphatic rings. The minimum atomic E-state index is 0.219. The number of nitrogens with zero attached hydrogens (tertiary/aromatic N) is 3. The quantitative estimate of drug-likeness (QED) is 0.367. The van der Waals surface area contributed by atoms with Gasteiger partial charge in [-0.15, -0.1) is 0 Å². The van der Waals surface area contributed by atoms with Crippen molar-refractivity contribution < 1.29 is 4.74 Å². The van der Waals surface area contributed by atoms with Crippen LogP contribution in [0.25, 0.3) is 0 Å². The average Bonchev–Trinajstić information content (AvgIpc) is 2.83. The molecule has 1 aromatic heterocycles. The van der Waals surface area contributed by atoms with Crippen molar-refractivity contribution in [1.29, 1.82) is 0 Å². The zero-order valence-corrected chi connectivity index (χ0v) is 11.7. The first kappa shape index (κ1) is 13.4. The molecule has 1 saturated heterocycles. The molecule has 1 aromatic rings. The standard InChI is InChI=1S/C11H19N5OS/c1-7-8(4-5-17-7)16(2)10-6-9(15-12)13-11(14-10)18-3/h6-8H,4-5,12H2,1-3H3,(H,13,14,15). The summed E-state index contributed by atoms with van der Waals surface area (Å²) in [5.41, 5.74) is 2.58. The summed E-state index contributed by atoms with van der Waals surface area (Å²) in [7, 11) is 2.03. The highest BCUT2D eigenvalue weighted by molar-refractivity contribution is 7.98. The van der Waals surface area contributed by atoms with Crippen LogP contribution in [0.15, 0.2) is 11.2 Å². The summed E-state index contributed by atoms with van der Waals surface area (Å²) in [6, 6.07) is 2.20. The van der Waals surface area contributed by atoms with Crippen LogP contribution in [0.4, 0.5) is 11.6 Å². The van der Waals surface area contributed by atoms with Gasteiger partial charge in [0, 0.05) is 19.7 Å². The Hall–Kier alpha value is -1.05. The van der Waals surface area contributed by atoms with Crippen LogP contribution >= 0.6 is 11.8 Å². The zero-order valence-electron chi connectivity index (χ0n) is 10.9. The highest BCUT2D eigenvalue weighted by Crippen LogP contribution is 2.25. The molecule has 0 spiro atoms. The van der Waals surface area contributed by atoms with E-state index in [1.165, 1.54) is 11.8 Å². The molecule has 1 aliphatic heterocycles. The molecule has 2 unspecified atom stereocenters. The number of thioether (sulfide) groups is 1. The van der Waals surface area contributed by atoms with Gasteiger partial charge in [-0.05, 0) is 19.6 Å². The van der Waals surface area contributed by atoms with E-state index >= 15 is 0 Å². The number of nitrogens with two attached hydrogens (primary N) is 1. The van der Waals surface area contributed by atoms with Crippen molar-refractivity contribution in [3.05, 3.63) is 6.07 Å². The van der Waals surface area contributed by atoms with Crippen molar-refractivity contribution in [3.63, 3.8) is 0 Å². The number of likely N-dealkylation sites (N-methyl/N-ethyl adjacent to an activating group) is 1. The summed E-state index contributed by atoms with van der Waals surface area (Å²) in [4.78, 5) is 10.9.